The summed E-state index contributed by atoms with van der Waals surface area (Å²) in [6, 6.07) is 0. The number of aliphatic imine (C=N–C) groups is 1. The van der Waals surface area contributed by atoms with E-state index in [4.69, 9.17) is 0 Å². The number of piperidine rings is 1. The highest BCUT2D eigenvalue weighted by molar-refractivity contribution is 5.79. The number of halogens is 3. The summed E-state index contributed by atoms with van der Waals surface area (Å²) in [6.45, 7) is 6.36. The topological polar surface area (TPSA) is 57.5 Å². The highest BCUT2D eigenvalue weighted by atomic mass is 19.4. The van der Waals surface area contributed by atoms with Crippen molar-refractivity contribution in [1.82, 2.24) is 25.3 Å². The molecule has 0 amide bonds. The van der Waals surface area contributed by atoms with Crippen molar-refractivity contribution >= 4 is 5.96 Å². The van der Waals surface area contributed by atoms with Gasteiger partial charge in [0.05, 0.1) is 0 Å². The molecule has 0 radical (unpaired) electrons. The Bertz CT molecular complexity index is 588. The van der Waals surface area contributed by atoms with Crippen LogP contribution in [0.25, 0.3) is 0 Å². The van der Waals surface area contributed by atoms with Crippen LogP contribution in [0.15, 0.2) is 11.2 Å². The average Bonchev–Trinajstić information content (AvgIpc) is 2.97. The first-order chi connectivity index (χ1) is 12.3. The van der Waals surface area contributed by atoms with E-state index >= 15 is 0 Å². The van der Waals surface area contributed by atoms with Crippen molar-refractivity contribution in [2.75, 3.05) is 33.2 Å². The molecule has 2 rings (SSSR count). The summed E-state index contributed by atoms with van der Waals surface area (Å²) in [4.78, 5) is 6.53. The molecule has 0 spiro atoms. The lowest BCUT2D eigenvalue weighted by Crippen LogP contribution is -2.39. The zero-order chi connectivity index (χ0) is 19.2. The first-order valence-electron chi connectivity index (χ1n) is 9.06. The van der Waals surface area contributed by atoms with Gasteiger partial charge in [-0.3, -0.25) is 9.67 Å². The predicted molar refractivity (Wildman–Crippen MR) is 95.9 cm³/mol. The molecule has 1 aliphatic rings. The molecule has 1 aliphatic heterocycles. The third kappa shape index (κ3) is 6.19. The van der Waals surface area contributed by atoms with Crippen molar-refractivity contribution in [3.05, 3.63) is 17.5 Å². The molecule has 1 fully saturated rings. The number of nitrogens with zero attached hydrogens (tertiary/aromatic N) is 4. The maximum atomic E-state index is 13.0. The second-order valence-corrected chi connectivity index (χ2v) is 6.90. The van der Waals surface area contributed by atoms with Crippen LogP contribution in [-0.2, 0) is 19.8 Å². The van der Waals surface area contributed by atoms with E-state index in [1.54, 1.807) is 7.05 Å². The van der Waals surface area contributed by atoms with Gasteiger partial charge in [-0.1, -0.05) is 6.92 Å². The molecular formula is C17H29F3N6. The van der Waals surface area contributed by atoms with E-state index in [0.29, 0.717) is 5.96 Å². The maximum Gasteiger partial charge on any atom is 0.435 e. The van der Waals surface area contributed by atoms with Gasteiger partial charge in [0.2, 0.25) is 0 Å². The number of hydrogen-bond donors (Lipinski definition) is 2. The van der Waals surface area contributed by atoms with Crippen molar-refractivity contribution < 1.29 is 13.2 Å². The summed E-state index contributed by atoms with van der Waals surface area (Å²) in [7, 11) is 3.09. The largest absolute Gasteiger partial charge is 0.435 e. The Balaban J connectivity index is 1.73. The van der Waals surface area contributed by atoms with E-state index in [1.807, 2.05) is 0 Å². The summed E-state index contributed by atoms with van der Waals surface area (Å²) in [5.41, 5.74) is -0.757. The normalized spacial score (nSPS) is 17.5. The molecular weight excluding hydrogens is 345 g/mol. The molecule has 148 valence electrons. The Morgan fingerprint density at radius 3 is 2.62 bits per heavy atom. The molecule has 0 unspecified atom stereocenters. The fourth-order valence-corrected chi connectivity index (χ4v) is 3.10. The molecule has 0 aliphatic carbocycles. The Morgan fingerprint density at radius 1 is 1.31 bits per heavy atom. The van der Waals surface area contributed by atoms with Gasteiger partial charge in [0.25, 0.3) is 0 Å². The molecule has 26 heavy (non-hydrogen) atoms. The molecule has 0 saturated carbocycles. The highest BCUT2D eigenvalue weighted by Gasteiger charge is 2.36. The summed E-state index contributed by atoms with van der Waals surface area (Å²) < 4.78 is 40.1. The van der Waals surface area contributed by atoms with E-state index in [-0.39, 0.29) is 12.1 Å². The van der Waals surface area contributed by atoms with Gasteiger partial charge >= 0.3 is 6.18 Å². The van der Waals surface area contributed by atoms with Crippen LogP contribution >= 0.6 is 0 Å². The van der Waals surface area contributed by atoms with E-state index in [2.05, 4.69) is 32.5 Å². The molecule has 0 atom stereocenters. The molecule has 1 aromatic heterocycles. The number of aromatic nitrogens is 2. The first kappa shape index (κ1) is 20.5. The molecule has 2 N–H and O–H groups in total. The number of guanidine groups is 1. The molecule has 1 saturated heterocycles. The van der Waals surface area contributed by atoms with Crippen LogP contribution in [0.3, 0.4) is 0 Å². The number of hydrogen-bond acceptors (Lipinski definition) is 3. The summed E-state index contributed by atoms with van der Waals surface area (Å²) in [5.74, 6) is 1.32. The van der Waals surface area contributed by atoms with Gasteiger partial charge in [-0.05, 0) is 44.8 Å². The van der Waals surface area contributed by atoms with Gasteiger partial charge in [0.1, 0.15) is 0 Å². The fourth-order valence-electron chi connectivity index (χ4n) is 3.10. The smallest absolute Gasteiger partial charge is 0.356 e. The standard InChI is InChI=1S/C17H29F3N6/c1-13-5-9-26(10-6-13)8-4-7-22-16(21-2)23-11-14-12-25(3)24-15(14)17(18,19)20/h12-13H,4-11H2,1-3H3,(H2,21,22,23). The summed E-state index contributed by atoms with van der Waals surface area (Å²) in [5, 5.41) is 9.59. The Morgan fingerprint density at radius 2 is 2.00 bits per heavy atom. The van der Waals surface area contributed by atoms with Crippen LogP contribution in [0.2, 0.25) is 0 Å². The van der Waals surface area contributed by atoms with Crippen molar-refractivity contribution in [3.8, 4) is 0 Å². The van der Waals surface area contributed by atoms with Crippen LogP contribution in [0, 0.1) is 5.92 Å². The SMILES string of the molecule is CN=C(NCCCN1CCC(C)CC1)NCc1cn(C)nc1C(F)(F)F. The molecule has 2 heterocycles. The molecule has 6 nitrogen and oxygen atoms in total. The highest BCUT2D eigenvalue weighted by Crippen LogP contribution is 2.30. The van der Waals surface area contributed by atoms with Gasteiger partial charge in [0, 0.05) is 38.9 Å². The van der Waals surface area contributed by atoms with Crippen molar-refractivity contribution in [3.63, 3.8) is 0 Å². The number of rotatable bonds is 6. The lowest BCUT2D eigenvalue weighted by atomic mass is 9.99. The molecule has 9 heteroatoms. The zero-order valence-electron chi connectivity index (χ0n) is 15.7. The lowest BCUT2D eigenvalue weighted by Gasteiger charge is -2.30. The predicted octanol–water partition coefficient (Wildman–Crippen LogP) is 2.23. The minimum Gasteiger partial charge on any atom is -0.356 e. The van der Waals surface area contributed by atoms with Gasteiger partial charge in [-0.15, -0.1) is 0 Å². The average molecular weight is 374 g/mol. The van der Waals surface area contributed by atoms with E-state index in [9.17, 15) is 13.2 Å². The quantitative estimate of drug-likeness (QED) is 0.456. The van der Waals surface area contributed by atoms with Crippen LogP contribution < -0.4 is 10.6 Å². The van der Waals surface area contributed by atoms with Crippen molar-refractivity contribution in [1.29, 1.82) is 0 Å². The van der Waals surface area contributed by atoms with E-state index in [0.717, 1.165) is 38.5 Å². The zero-order valence-corrected chi connectivity index (χ0v) is 15.7. The number of nitrogens with one attached hydrogen (secondary N) is 2. The van der Waals surface area contributed by atoms with Gasteiger partial charge in [-0.25, -0.2) is 0 Å². The molecule has 0 bridgehead atoms. The number of aryl methyl sites for hydroxylation is 1. The van der Waals surface area contributed by atoms with Crippen LogP contribution in [0.1, 0.15) is 37.4 Å². The monoisotopic (exact) mass is 374 g/mol. The summed E-state index contributed by atoms with van der Waals surface area (Å²) >= 11 is 0. The Kier molecular flexibility index (Phi) is 7.31. The van der Waals surface area contributed by atoms with E-state index in [1.165, 1.54) is 30.8 Å². The number of likely N-dealkylation sites (tertiary alicyclic amines) is 1. The van der Waals surface area contributed by atoms with Gasteiger partial charge in [0.15, 0.2) is 11.7 Å². The Hall–Kier alpha value is -1.77. The molecule has 1 aromatic rings. The van der Waals surface area contributed by atoms with Crippen molar-refractivity contribution in [2.24, 2.45) is 18.0 Å². The van der Waals surface area contributed by atoms with Crippen LogP contribution in [0.5, 0.6) is 0 Å². The minimum atomic E-state index is -4.46. The van der Waals surface area contributed by atoms with E-state index < -0.39 is 11.9 Å². The Labute approximate surface area is 152 Å². The second kappa shape index (κ2) is 9.25. The number of alkyl halides is 3. The van der Waals surface area contributed by atoms with Crippen LogP contribution in [-0.4, -0.2) is 53.9 Å². The third-order valence-electron chi connectivity index (χ3n) is 4.66. The van der Waals surface area contributed by atoms with Gasteiger partial charge in [-0.2, -0.15) is 18.3 Å². The van der Waals surface area contributed by atoms with Gasteiger partial charge < -0.3 is 15.5 Å². The third-order valence-corrected chi connectivity index (χ3v) is 4.66. The first-order valence-corrected chi connectivity index (χ1v) is 9.06. The van der Waals surface area contributed by atoms with Crippen molar-refractivity contribution in [2.45, 2.75) is 38.9 Å². The summed E-state index contributed by atoms with van der Waals surface area (Å²) in [6.07, 6.45) is 0.393. The lowest BCUT2D eigenvalue weighted by molar-refractivity contribution is -0.142. The fraction of sp³-hybridized carbons (Fsp3) is 0.765. The second-order valence-electron chi connectivity index (χ2n) is 6.90. The minimum absolute atomic E-state index is 0.0202. The molecule has 0 aromatic carbocycles. The van der Waals surface area contributed by atoms with Crippen LogP contribution in [0.4, 0.5) is 13.2 Å². The maximum absolute atomic E-state index is 13.0.